The summed E-state index contributed by atoms with van der Waals surface area (Å²) < 4.78 is 26.1. The number of rotatable bonds is 6. The molecule has 2 aromatic carbocycles. The number of tetrazole rings is 1. The first kappa shape index (κ1) is 19.0. The van der Waals surface area contributed by atoms with Crippen LogP contribution in [0, 0.1) is 0 Å². The Labute approximate surface area is 170 Å². The lowest BCUT2D eigenvalue weighted by Crippen LogP contribution is -2.10. The fraction of sp³-hybridized carbons (Fsp3) is 0.0526. The van der Waals surface area contributed by atoms with Crippen LogP contribution >= 0.6 is 11.3 Å². The molecule has 29 heavy (non-hydrogen) atoms. The number of nitrogens with one attached hydrogen (secondary N) is 1. The van der Waals surface area contributed by atoms with Gasteiger partial charge in [-0.25, -0.2) is 8.42 Å². The fourth-order valence-electron chi connectivity index (χ4n) is 2.84. The van der Waals surface area contributed by atoms with Gasteiger partial charge in [-0.05, 0) is 46.7 Å². The number of amides is 1. The van der Waals surface area contributed by atoms with Crippen LogP contribution in [-0.2, 0) is 15.6 Å². The minimum atomic E-state index is -3.55. The molecule has 2 aromatic heterocycles. The van der Waals surface area contributed by atoms with Gasteiger partial charge in [0.2, 0.25) is 11.7 Å². The highest BCUT2D eigenvalue weighted by Crippen LogP contribution is 2.33. The van der Waals surface area contributed by atoms with Gasteiger partial charge in [-0.15, -0.1) is 21.5 Å². The molecular weight excluding hydrogens is 410 g/mol. The van der Waals surface area contributed by atoms with E-state index in [2.05, 4.69) is 20.6 Å². The second kappa shape index (κ2) is 7.57. The zero-order valence-electron chi connectivity index (χ0n) is 14.9. The molecule has 3 N–H and O–H groups in total. The molecule has 0 fully saturated rings. The first-order valence-electron chi connectivity index (χ1n) is 8.48. The Balaban J connectivity index is 1.60. The maximum Gasteiger partial charge on any atom is 0.248 e. The van der Waals surface area contributed by atoms with Crippen molar-refractivity contribution in [3.05, 3.63) is 71.8 Å². The third-order valence-electron chi connectivity index (χ3n) is 4.21. The molecule has 4 rings (SSSR count). The van der Waals surface area contributed by atoms with Crippen molar-refractivity contribution in [2.45, 2.75) is 9.96 Å². The highest BCUT2D eigenvalue weighted by molar-refractivity contribution is 7.92. The van der Waals surface area contributed by atoms with Crippen LogP contribution in [0.1, 0.15) is 15.9 Å². The molecule has 1 amide bonds. The summed E-state index contributed by atoms with van der Waals surface area (Å²) in [6, 6.07) is 17.1. The van der Waals surface area contributed by atoms with Crippen molar-refractivity contribution in [3.8, 4) is 21.8 Å². The number of hydrogen-bond donors (Lipinski definition) is 2. The van der Waals surface area contributed by atoms with Crippen molar-refractivity contribution in [3.63, 3.8) is 0 Å². The standard InChI is InChI=1S/C19H15N5O3S2/c20-18(25)14-5-2-4-13(10-14)16-7-8-17(28-16)29(26,27)11-12-3-1-6-15(9-12)19-21-23-24-22-19/h1-10H,11H2,(H2,20,25)(H,21,22,23,24). The van der Waals surface area contributed by atoms with Gasteiger partial charge < -0.3 is 5.73 Å². The largest absolute Gasteiger partial charge is 0.366 e. The zero-order valence-corrected chi connectivity index (χ0v) is 16.6. The van der Waals surface area contributed by atoms with E-state index in [1.54, 1.807) is 54.6 Å². The average Bonchev–Trinajstić information content (AvgIpc) is 3.40. The third-order valence-corrected chi connectivity index (χ3v) is 7.61. The van der Waals surface area contributed by atoms with E-state index in [1.165, 1.54) is 0 Å². The van der Waals surface area contributed by atoms with E-state index in [0.717, 1.165) is 21.8 Å². The summed E-state index contributed by atoms with van der Waals surface area (Å²) >= 11 is 1.15. The van der Waals surface area contributed by atoms with Gasteiger partial charge >= 0.3 is 0 Å². The topological polar surface area (TPSA) is 132 Å². The number of aromatic amines is 1. The lowest BCUT2D eigenvalue weighted by molar-refractivity contribution is 0.100. The summed E-state index contributed by atoms with van der Waals surface area (Å²) in [6.07, 6.45) is 0. The van der Waals surface area contributed by atoms with Crippen molar-refractivity contribution in [1.29, 1.82) is 0 Å². The highest BCUT2D eigenvalue weighted by Gasteiger charge is 2.19. The first-order chi connectivity index (χ1) is 13.9. The monoisotopic (exact) mass is 425 g/mol. The van der Waals surface area contributed by atoms with Crippen LogP contribution in [0.5, 0.6) is 0 Å². The number of carbonyl (C=O) groups excluding carboxylic acids is 1. The number of primary amides is 1. The van der Waals surface area contributed by atoms with E-state index in [9.17, 15) is 13.2 Å². The normalized spacial score (nSPS) is 11.4. The number of H-pyrrole nitrogens is 1. The molecule has 146 valence electrons. The summed E-state index contributed by atoms with van der Waals surface area (Å²) in [5.41, 5.74) is 7.74. The number of benzene rings is 2. The maximum atomic E-state index is 12.9. The Morgan fingerprint density at radius 2 is 1.83 bits per heavy atom. The van der Waals surface area contributed by atoms with Crippen molar-refractivity contribution >= 4 is 27.1 Å². The van der Waals surface area contributed by atoms with Crippen LogP contribution in [-0.4, -0.2) is 34.9 Å². The summed E-state index contributed by atoms with van der Waals surface area (Å²) in [7, 11) is -3.55. The van der Waals surface area contributed by atoms with Crippen LogP contribution in [0.25, 0.3) is 21.8 Å². The van der Waals surface area contributed by atoms with Gasteiger partial charge in [0.1, 0.15) is 4.21 Å². The molecule has 0 atom stereocenters. The van der Waals surface area contributed by atoms with Gasteiger partial charge in [-0.2, -0.15) is 5.21 Å². The number of aromatic nitrogens is 4. The van der Waals surface area contributed by atoms with Crippen LogP contribution in [0.2, 0.25) is 0 Å². The van der Waals surface area contributed by atoms with E-state index in [1.807, 2.05) is 6.07 Å². The lowest BCUT2D eigenvalue weighted by Gasteiger charge is -2.04. The van der Waals surface area contributed by atoms with Gasteiger partial charge in [0.25, 0.3) is 0 Å². The minimum Gasteiger partial charge on any atom is -0.366 e. The number of nitrogens with two attached hydrogens (primary N) is 1. The highest BCUT2D eigenvalue weighted by atomic mass is 32.2. The smallest absolute Gasteiger partial charge is 0.248 e. The second-order valence-corrected chi connectivity index (χ2v) is 9.56. The summed E-state index contributed by atoms with van der Waals surface area (Å²) in [5, 5.41) is 13.7. The van der Waals surface area contributed by atoms with Gasteiger partial charge in [0, 0.05) is 16.0 Å². The average molecular weight is 425 g/mol. The molecule has 10 heteroatoms. The number of nitrogens with zero attached hydrogens (tertiary/aromatic N) is 3. The fourth-order valence-corrected chi connectivity index (χ4v) is 5.57. The van der Waals surface area contributed by atoms with E-state index in [4.69, 9.17) is 5.73 Å². The Kier molecular flexibility index (Phi) is 4.95. The lowest BCUT2D eigenvalue weighted by atomic mass is 10.1. The quantitative estimate of drug-likeness (QED) is 0.488. The van der Waals surface area contributed by atoms with Gasteiger partial charge in [0.05, 0.1) is 5.75 Å². The molecule has 2 heterocycles. The molecular formula is C19H15N5O3S2. The molecule has 0 saturated carbocycles. The van der Waals surface area contributed by atoms with Crippen LogP contribution < -0.4 is 5.73 Å². The molecule has 0 saturated heterocycles. The SMILES string of the molecule is NC(=O)c1cccc(-c2ccc(S(=O)(=O)Cc3cccc(-c4nn[nH]n4)c3)s2)c1. The molecule has 0 aliphatic heterocycles. The Morgan fingerprint density at radius 1 is 1.03 bits per heavy atom. The molecule has 0 spiro atoms. The van der Waals surface area contributed by atoms with Gasteiger partial charge in [-0.1, -0.05) is 30.3 Å². The summed E-state index contributed by atoms with van der Waals surface area (Å²) in [5.74, 6) is -0.283. The van der Waals surface area contributed by atoms with Crippen LogP contribution in [0.3, 0.4) is 0 Å². The number of carbonyl (C=O) groups is 1. The van der Waals surface area contributed by atoms with Crippen LogP contribution in [0.4, 0.5) is 0 Å². The zero-order chi connectivity index (χ0) is 20.4. The molecule has 0 unspecified atom stereocenters. The molecule has 0 bridgehead atoms. The molecule has 8 nitrogen and oxygen atoms in total. The van der Waals surface area contributed by atoms with Crippen molar-refractivity contribution in [2.75, 3.05) is 0 Å². The third kappa shape index (κ3) is 4.08. The van der Waals surface area contributed by atoms with E-state index in [0.29, 0.717) is 22.5 Å². The minimum absolute atomic E-state index is 0.153. The predicted molar refractivity (Wildman–Crippen MR) is 109 cm³/mol. The van der Waals surface area contributed by atoms with Crippen molar-refractivity contribution in [2.24, 2.45) is 5.73 Å². The summed E-state index contributed by atoms with van der Waals surface area (Å²) in [4.78, 5) is 12.1. The molecule has 0 aliphatic carbocycles. The first-order valence-corrected chi connectivity index (χ1v) is 10.9. The number of thiophene rings is 1. The van der Waals surface area contributed by atoms with E-state index in [-0.39, 0.29) is 9.96 Å². The predicted octanol–water partition coefficient (Wildman–Crippen LogP) is 2.67. The van der Waals surface area contributed by atoms with E-state index < -0.39 is 15.7 Å². The Bertz CT molecular complexity index is 1280. The maximum absolute atomic E-state index is 12.9. The van der Waals surface area contributed by atoms with Crippen molar-refractivity contribution in [1.82, 2.24) is 20.6 Å². The van der Waals surface area contributed by atoms with E-state index >= 15 is 0 Å². The molecule has 0 radical (unpaired) electrons. The number of hydrogen-bond acceptors (Lipinski definition) is 7. The van der Waals surface area contributed by atoms with Crippen LogP contribution in [0.15, 0.2) is 64.9 Å². The summed E-state index contributed by atoms with van der Waals surface area (Å²) in [6.45, 7) is 0. The Morgan fingerprint density at radius 3 is 2.59 bits per heavy atom. The van der Waals surface area contributed by atoms with Crippen molar-refractivity contribution < 1.29 is 13.2 Å². The van der Waals surface area contributed by atoms with Gasteiger partial charge in [0.15, 0.2) is 9.84 Å². The molecule has 0 aliphatic rings. The Hall–Kier alpha value is -3.37. The number of sulfone groups is 1. The second-order valence-electron chi connectivity index (χ2n) is 6.26. The molecule has 4 aromatic rings. The van der Waals surface area contributed by atoms with Gasteiger partial charge in [-0.3, -0.25) is 4.79 Å².